The number of aliphatic carboxylic acids is 1. The van der Waals surface area contributed by atoms with E-state index in [9.17, 15) is 14.7 Å². The van der Waals surface area contributed by atoms with E-state index in [2.05, 4.69) is 11.4 Å². The molecule has 0 spiro atoms. The van der Waals surface area contributed by atoms with Crippen molar-refractivity contribution in [2.24, 2.45) is 23.2 Å². The molecule has 1 amide bonds. The molecular formula is C18H26N2O3. The topological polar surface area (TPSA) is 90.2 Å². The van der Waals surface area contributed by atoms with E-state index < -0.39 is 12.0 Å². The molecule has 4 saturated carbocycles. The number of carboxylic acid groups (broad SMARTS) is 1. The average Bonchev–Trinajstić information content (AvgIpc) is 2.48. The van der Waals surface area contributed by atoms with Gasteiger partial charge in [0.1, 0.15) is 6.04 Å². The van der Waals surface area contributed by atoms with Gasteiger partial charge in [-0.15, -0.1) is 0 Å². The number of nitrogens with zero attached hydrogens (tertiary/aromatic N) is 1. The number of nitriles is 1. The molecule has 2 N–H and O–H groups in total. The van der Waals surface area contributed by atoms with Crippen LogP contribution in [0.15, 0.2) is 0 Å². The van der Waals surface area contributed by atoms with Crippen LogP contribution in [0.2, 0.25) is 0 Å². The first kappa shape index (κ1) is 16.3. The van der Waals surface area contributed by atoms with Crippen molar-refractivity contribution in [2.45, 2.75) is 70.3 Å². The molecule has 4 aliphatic carbocycles. The van der Waals surface area contributed by atoms with Gasteiger partial charge in [-0.2, -0.15) is 5.26 Å². The zero-order valence-corrected chi connectivity index (χ0v) is 13.6. The largest absolute Gasteiger partial charge is 0.480 e. The molecule has 4 rings (SSSR count). The first-order valence-corrected chi connectivity index (χ1v) is 8.93. The van der Waals surface area contributed by atoms with Crippen LogP contribution in [0.1, 0.15) is 64.2 Å². The monoisotopic (exact) mass is 318 g/mol. The molecule has 0 saturated heterocycles. The fourth-order valence-electron chi connectivity index (χ4n) is 5.51. The molecule has 5 heteroatoms. The molecule has 1 atom stereocenters. The molecule has 0 radical (unpaired) electrons. The molecule has 0 heterocycles. The Bertz CT molecular complexity index is 488. The number of hydrogen-bond donors (Lipinski definition) is 2. The van der Waals surface area contributed by atoms with Crippen molar-refractivity contribution in [3.8, 4) is 6.07 Å². The van der Waals surface area contributed by atoms with E-state index in [1.165, 1.54) is 19.3 Å². The van der Waals surface area contributed by atoms with Crippen LogP contribution >= 0.6 is 0 Å². The number of nitrogens with one attached hydrogen (secondary N) is 1. The predicted octanol–water partition coefficient (Wildman–Crippen LogP) is 2.86. The lowest BCUT2D eigenvalue weighted by Crippen LogP contribution is -2.56. The first-order chi connectivity index (χ1) is 11.0. The maximum atomic E-state index is 12.9. The smallest absolute Gasteiger partial charge is 0.326 e. The quantitative estimate of drug-likeness (QED) is 0.706. The zero-order valence-electron chi connectivity index (χ0n) is 13.6. The van der Waals surface area contributed by atoms with Crippen LogP contribution in [-0.4, -0.2) is 23.0 Å². The second-order valence-corrected chi connectivity index (χ2v) is 7.97. The van der Waals surface area contributed by atoms with Crippen molar-refractivity contribution in [1.29, 1.82) is 5.26 Å². The van der Waals surface area contributed by atoms with E-state index in [-0.39, 0.29) is 11.3 Å². The van der Waals surface area contributed by atoms with E-state index in [0.717, 1.165) is 19.3 Å². The fourth-order valence-corrected chi connectivity index (χ4v) is 5.51. The second-order valence-electron chi connectivity index (χ2n) is 7.97. The summed E-state index contributed by atoms with van der Waals surface area (Å²) in [5, 5.41) is 20.8. The van der Waals surface area contributed by atoms with Crippen LogP contribution in [0.4, 0.5) is 0 Å². The van der Waals surface area contributed by atoms with E-state index in [0.29, 0.717) is 43.4 Å². The summed E-state index contributed by atoms with van der Waals surface area (Å²) in [5.74, 6) is 1.03. The lowest BCUT2D eigenvalue weighted by Gasteiger charge is -2.55. The molecule has 23 heavy (non-hydrogen) atoms. The van der Waals surface area contributed by atoms with E-state index in [1.54, 1.807) is 0 Å². The van der Waals surface area contributed by atoms with Gasteiger partial charge in [0, 0.05) is 11.8 Å². The third kappa shape index (κ3) is 3.36. The number of unbranched alkanes of at least 4 members (excludes halogenated alkanes) is 2. The van der Waals surface area contributed by atoms with Crippen LogP contribution in [0.25, 0.3) is 0 Å². The zero-order chi connectivity index (χ0) is 16.4. The van der Waals surface area contributed by atoms with Crippen molar-refractivity contribution in [2.75, 3.05) is 0 Å². The summed E-state index contributed by atoms with van der Waals surface area (Å²) in [6.45, 7) is 0. The summed E-state index contributed by atoms with van der Waals surface area (Å²) in [6.07, 6.45) is 8.85. The maximum Gasteiger partial charge on any atom is 0.326 e. The second kappa shape index (κ2) is 6.51. The summed E-state index contributed by atoms with van der Waals surface area (Å²) in [5.41, 5.74) is -0.297. The van der Waals surface area contributed by atoms with Crippen LogP contribution in [-0.2, 0) is 9.59 Å². The van der Waals surface area contributed by atoms with E-state index in [4.69, 9.17) is 5.26 Å². The van der Waals surface area contributed by atoms with Gasteiger partial charge in [-0.3, -0.25) is 4.79 Å². The molecule has 0 aromatic carbocycles. The Morgan fingerprint density at radius 1 is 1.13 bits per heavy atom. The Kier molecular flexibility index (Phi) is 4.61. The van der Waals surface area contributed by atoms with Crippen molar-refractivity contribution >= 4 is 11.9 Å². The molecule has 126 valence electrons. The standard InChI is InChI=1S/C18H26N2O3/c19-5-3-1-2-4-15(16(21)22)20-17(23)18-9-12-6-13(10-18)8-14(7-12)11-18/h12-15H,1-4,6-11H2,(H,20,23)(H,21,22)/t12?,13?,14?,15-,18?/m0/s1. The Labute approximate surface area is 137 Å². The van der Waals surface area contributed by atoms with Crippen molar-refractivity contribution < 1.29 is 14.7 Å². The highest BCUT2D eigenvalue weighted by Crippen LogP contribution is 2.60. The van der Waals surface area contributed by atoms with Crippen LogP contribution in [0, 0.1) is 34.5 Å². The van der Waals surface area contributed by atoms with Crippen LogP contribution in [0.5, 0.6) is 0 Å². The van der Waals surface area contributed by atoms with Crippen LogP contribution in [0.3, 0.4) is 0 Å². The van der Waals surface area contributed by atoms with E-state index >= 15 is 0 Å². The molecule has 4 fully saturated rings. The van der Waals surface area contributed by atoms with Gasteiger partial charge in [-0.1, -0.05) is 0 Å². The SMILES string of the molecule is N#CCCCC[C@H](NC(=O)C12CC3CC(CC(C3)C1)C2)C(=O)O. The summed E-state index contributed by atoms with van der Waals surface area (Å²) >= 11 is 0. The van der Waals surface area contributed by atoms with Gasteiger partial charge in [-0.05, 0) is 75.5 Å². The minimum absolute atomic E-state index is 0.0238. The van der Waals surface area contributed by atoms with Crippen molar-refractivity contribution in [1.82, 2.24) is 5.32 Å². The fraction of sp³-hybridized carbons (Fsp3) is 0.833. The number of rotatable bonds is 7. The highest BCUT2D eigenvalue weighted by Gasteiger charge is 2.54. The molecule has 0 unspecified atom stereocenters. The van der Waals surface area contributed by atoms with Gasteiger partial charge in [0.25, 0.3) is 0 Å². The Hall–Kier alpha value is -1.57. The molecular weight excluding hydrogens is 292 g/mol. The van der Waals surface area contributed by atoms with Crippen molar-refractivity contribution in [3.63, 3.8) is 0 Å². The number of hydrogen-bond acceptors (Lipinski definition) is 3. The third-order valence-corrected chi connectivity index (χ3v) is 6.15. The van der Waals surface area contributed by atoms with Gasteiger partial charge in [0.05, 0.1) is 6.07 Å². The van der Waals surface area contributed by atoms with Crippen LogP contribution < -0.4 is 5.32 Å². The normalized spacial score (nSPS) is 35.5. The molecule has 4 bridgehead atoms. The van der Waals surface area contributed by atoms with Gasteiger partial charge in [-0.25, -0.2) is 4.79 Å². The summed E-state index contributed by atoms with van der Waals surface area (Å²) < 4.78 is 0. The lowest BCUT2D eigenvalue weighted by molar-refractivity contribution is -0.151. The summed E-state index contributed by atoms with van der Waals surface area (Å²) in [4.78, 5) is 24.3. The molecule has 5 nitrogen and oxygen atoms in total. The number of carbonyl (C=O) groups excluding carboxylic acids is 1. The Morgan fingerprint density at radius 2 is 1.70 bits per heavy atom. The Morgan fingerprint density at radius 3 is 2.17 bits per heavy atom. The molecule has 0 aliphatic heterocycles. The third-order valence-electron chi connectivity index (χ3n) is 6.15. The minimum Gasteiger partial charge on any atom is -0.480 e. The summed E-state index contributed by atoms with van der Waals surface area (Å²) in [7, 11) is 0. The van der Waals surface area contributed by atoms with Gasteiger partial charge >= 0.3 is 5.97 Å². The first-order valence-electron chi connectivity index (χ1n) is 8.93. The van der Waals surface area contributed by atoms with Crippen molar-refractivity contribution in [3.05, 3.63) is 0 Å². The highest BCUT2D eigenvalue weighted by atomic mass is 16.4. The number of carbonyl (C=O) groups is 2. The van der Waals surface area contributed by atoms with Gasteiger partial charge < -0.3 is 10.4 Å². The maximum absolute atomic E-state index is 12.9. The van der Waals surface area contributed by atoms with Gasteiger partial charge in [0.2, 0.25) is 5.91 Å². The number of carboxylic acids is 1. The predicted molar refractivity (Wildman–Crippen MR) is 84.3 cm³/mol. The average molecular weight is 318 g/mol. The molecule has 4 aliphatic rings. The van der Waals surface area contributed by atoms with E-state index in [1.807, 2.05) is 0 Å². The molecule has 0 aromatic heterocycles. The lowest BCUT2D eigenvalue weighted by atomic mass is 9.49. The Balaban J connectivity index is 1.60. The number of amides is 1. The van der Waals surface area contributed by atoms with Gasteiger partial charge in [0.15, 0.2) is 0 Å². The minimum atomic E-state index is -0.958. The summed E-state index contributed by atoms with van der Waals surface area (Å²) in [6, 6.07) is 1.25. The highest BCUT2D eigenvalue weighted by molar-refractivity contribution is 5.87. The molecule has 0 aromatic rings.